The number of aliphatic hydroxyl groups excluding tert-OH is 1. The molecule has 1 saturated heterocycles. The molecule has 8 heteroatoms. The number of amides is 1. The summed E-state index contributed by atoms with van der Waals surface area (Å²) in [5, 5.41) is 11.5. The SMILES string of the molecule is CCCCCOc1ccc([C@H]2C(=C(O)c3ccc4c(c3)OCCO4)C(=O)C(=O)N2Cc2ccccc2)cc1OC. The third-order valence-corrected chi connectivity index (χ3v) is 7.06. The van der Waals surface area contributed by atoms with Crippen LogP contribution in [0.15, 0.2) is 72.3 Å². The molecule has 0 unspecified atom stereocenters. The number of Topliss-reactive ketones (excluding diaryl/α,β-unsaturated/α-hetero) is 1. The second kappa shape index (κ2) is 12.2. The molecule has 1 atom stereocenters. The number of fused-ring (bicyclic) bond motifs is 1. The molecule has 0 radical (unpaired) electrons. The van der Waals surface area contributed by atoms with Gasteiger partial charge in [0.15, 0.2) is 23.0 Å². The number of ether oxygens (including phenoxy) is 4. The Labute approximate surface area is 233 Å². The lowest BCUT2D eigenvalue weighted by atomic mass is 9.94. The highest BCUT2D eigenvalue weighted by molar-refractivity contribution is 6.46. The van der Waals surface area contributed by atoms with Crippen LogP contribution in [0.2, 0.25) is 0 Å². The Morgan fingerprint density at radius 3 is 2.48 bits per heavy atom. The van der Waals surface area contributed by atoms with Crippen molar-refractivity contribution in [2.75, 3.05) is 26.9 Å². The number of carbonyl (C=O) groups excluding carboxylic acids is 2. The zero-order chi connectivity index (χ0) is 28.1. The van der Waals surface area contributed by atoms with E-state index in [0.717, 1.165) is 24.8 Å². The molecule has 2 aliphatic heterocycles. The minimum Gasteiger partial charge on any atom is -0.507 e. The molecular formula is C32H33NO7. The van der Waals surface area contributed by atoms with Gasteiger partial charge in [0, 0.05) is 12.1 Å². The molecular weight excluding hydrogens is 510 g/mol. The molecule has 2 aliphatic rings. The lowest BCUT2D eigenvalue weighted by Gasteiger charge is -2.26. The molecule has 208 valence electrons. The molecule has 3 aromatic carbocycles. The number of rotatable bonds is 10. The summed E-state index contributed by atoms with van der Waals surface area (Å²) < 4.78 is 22.9. The average molecular weight is 544 g/mol. The van der Waals surface area contributed by atoms with E-state index in [2.05, 4.69) is 6.92 Å². The van der Waals surface area contributed by atoms with E-state index in [4.69, 9.17) is 18.9 Å². The number of nitrogens with zero attached hydrogens (tertiary/aromatic N) is 1. The van der Waals surface area contributed by atoms with E-state index in [0.29, 0.717) is 53.9 Å². The summed E-state index contributed by atoms with van der Waals surface area (Å²) in [7, 11) is 1.55. The first-order valence-electron chi connectivity index (χ1n) is 13.5. The highest BCUT2D eigenvalue weighted by Gasteiger charge is 2.46. The van der Waals surface area contributed by atoms with Crippen molar-refractivity contribution in [3.8, 4) is 23.0 Å². The van der Waals surface area contributed by atoms with Crippen molar-refractivity contribution in [1.29, 1.82) is 0 Å². The molecule has 1 fully saturated rings. The van der Waals surface area contributed by atoms with Gasteiger partial charge in [-0.25, -0.2) is 0 Å². The van der Waals surface area contributed by atoms with Crippen LogP contribution in [-0.4, -0.2) is 48.6 Å². The Hall–Kier alpha value is -4.46. The monoisotopic (exact) mass is 543 g/mol. The number of hydrogen-bond acceptors (Lipinski definition) is 7. The predicted molar refractivity (Wildman–Crippen MR) is 150 cm³/mol. The number of aliphatic hydroxyl groups is 1. The maximum absolute atomic E-state index is 13.5. The quantitative estimate of drug-likeness (QED) is 0.153. The molecule has 5 rings (SSSR count). The third-order valence-electron chi connectivity index (χ3n) is 7.06. The van der Waals surface area contributed by atoms with Gasteiger partial charge in [-0.3, -0.25) is 9.59 Å². The predicted octanol–water partition coefficient (Wildman–Crippen LogP) is 5.66. The van der Waals surface area contributed by atoms with Gasteiger partial charge in [0.25, 0.3) is 11.7 Å². The lowest BCUT2D eigenvalue weighted by molar-refractivity contribution is -0.140. The Kier molecular flexibility index (Phi) is 8.24. The van der Waals surface area contributed by atoms with E-state index in [-0.39, 0.29) is 17.9 Å². The molecule has 0 saturated carbocycles. The van der Waals surface area contributed by atoms with Gasteiger partial charge in [-0.15, -0.1) is 0 Å². The highest BCUT2D eigenvalue weighted by atomic mass is 16.6. The standard InChI is InChI=1S/C32H33NO7/c1-3-4-8-15-38-24-13-11-22(18-26(24)37-2)29-28(30(34)23-12-14-25-27(19-23)40-17-16-39-25)31(35)32(36)33(29)20-21-9-6-5-7-10-21/h5-7,9-14,18-19,29,34H,3-4,8,15-17,20H2,1-2H3/t29-/m0/s1. The largest absolute Gasteiger partial charge is 0.507 e. The smallest absolute Gasteiger partial charge is 0.295 e. The second-order valence-corrected chi connectivity index (χ2v) is 9.74. The Morgan fingerprint density at radius 2 is 1.73 bits per heavy atom. The molecule has 1 N–H and O–H groups in total. The van der Waals surface area contributed by atoms with Gasteiger partial charge >= 0.3 is 0 Å². The summed E-state index contributed by atoms with van der Waals surface area (Å²) >= 11 is 0. The Balaban J connectivity index is 1.58. The van der Waals surface area contributed by atoms with Crippen LogP contribution in [0.4, 0.5) is 0 Å². The van der Waals surface area contributed by atoms with Gasteiger partial charge in [-0.1, -0.05) is 56.2 Å². The summed E-state index contributed by atoms with van der Waals surface area (Å²) in [6.45, 7) is 3.69. The zero-order valence-electron chi connectivity index (χ0n) is 22.7. The van der Waals surface area contributed by atoms with Gasteiger partial charge < -0.3 is 29.0 Å². The summed E-state index contributed by atoms with van der Waals surface area (Å²) in [6.07, 6.45) is 3.07. The summed E-state index contributed by atoms with van der Waals surface area (Å²) in [6, 6.07) is 18.9. The van der Waals surface area contributed by atoms with E-state index < -0.39 is 17.7 Å². The Morgan fingerprint density at radius 1 is 0.950 bits per heavy atom. The summed E-state index contributed by atoms with van der Waals surface area (Å²) in [5.41, 5.74) is 1.83. The van der Waals surface area contributed by atoms with Crippen molar-refractivity contribution in [3.05, 3.63) is 89.0 Å². The normalized spacial score (nSPS) is 17.6. The first-order chi connectivity index (χ1) is 19.5. The molecule has 8 nitrogen and oxygen atoms in total. The fourth-order valence-corrected chi connectivity index (χ4v) is 5.02. The van der Waals surface area contributed by atoms with E-state index >= 15 is 0 Å². The van der Waals surface area contributed by atoms with E-state index in [1.54, 1.807) is 37.4 Å². The first kappa shape index (κ1) is 27.1. The van der Waals surface area contributed by atoms with Crippen LogP contribution >= 0.6 is 0 Å². The van der Waals surface area contributed by atoms with Crippen LogP contribution in [0.5, 0.6) is 23.0 Å². The van der Waals surface area contributed by atoms with E-state index in [9.17, 15) is 14.7 Å². The van der Waals surface area contributed by atoms with Crippen molar-refractivity contribution in [1.82, 2.24) is 4.90 Å². The van der Waals surface area contributed by atoms with Crippen molar-refractivity contribution in [2.24, 2.45) is 0 Å². The fourth-order valence-electron chi connectivity index (χ4n) is 5.02. The molecule has 3 aromatic rings. The fraction of sp³-hybridized carbons (Fsp3) is 0.312. The van der Waals surface area contributed by atoms with Crippen LogP contribution in [0.3, 0.4) is 0 Å². The van der Waals surface area contributed by atoms with Gasteiger partial charge in [-0.05, 0) is 47.9 Å². The number of hydrogen-bond donors (Lipinski definition) is 1. The molecule has 2 heterocycles. The van der Waals surface area contributed by atoms with Crippen molar-refractivity contribution in [3.63, 3.8) is 0 Å². The van der Waals surface area contributed by atoms with Crippen molar-refractivity contribution >= 4 is 17.4 Å². The number of ketones is 1. The zero-order valence-corrected chi connectivity index (χ0v) is 22.7. The first-order valence-corrected chi connectivity index (χ1v) is 13.5. The van der Waals surface area contributed by atoms with Crippen molar-refractivity contribution in [2.45, 2.75) is 38.8 Å². The number of likely N-dealkylation sites (tertiary alicyclic amines) is 1. The average Bonchev–Trinajstić information content (AvgIpc) is 3.24. The van der Waals surface area contributed by atoms with E-state index in [1.807, 2.05) is 36.4 Å². The lowest BCUT2D eigenvalue weighted by Crippen LogP contribution is -2.29. The van der Waals surface area contributed by atoms with E-state index in [1.165, 1.54) is 4.90 Å². The highest BCUT2D eigenvalue weighted by Crippen LogP contribution is 2.43. The Bertz CT molecular complexity index is 1420. The molecule has 0 bridgehead atoms. The van der Waals surface area contributed by atoms with Gasteiger partial charge in [0.2, 0.25) is 0 Å². The summed E-state index contributed by atoms with van der Waals surface area (Å²) in [4.78, 5) is 28.4. The maximum Gasteiger partial charge on any atom is 0.295 e. The van der Waals surface area contributed by atoms with Crippen LogP contribution < -0.4 is 18.9 Å². The van der Waals surface area contributed by atoms with Crippen LogP contribution in [-0.2, 0) is 16.1 Å². The minimum atomic E-state index is -0.851. The number of methoxy groups -OCH3 is 1. The number of benzene rings is 3. The minimum absolute atomic E-state index is 0.00345. The molecule has 0 aliphatic carbocycles. The molecule has 1 amide bonds. The number of unbranched alkanes of at least 4 members (excludes halogenated alkanes) is 2. The third kappa shape index (κ3) is 5.47. The second-order valence-electron chi connectivity index (χ2n) is 9.74. The number of carbonyl (C=O) groups is 2. The van der Waals surface area contributed by atoms with Crippen LogP contribution in [0, 0.1) is 0 Å². The van der Waals surface area contributed by atoms with Crippen LogP contribution in [0.1, 0.15) is 48.9 Å². The van der Waals surface area contributed by atoms with Crippen LogP contribution in [0.25, 0.3) is 5.76 Å². The molecule has 40 heavy (non-hydrogen) atoms. The molecule has 0 spiro atoms. The summed E-state index contributed by atoms with van der Waals surface area (Å²) in [5.74, 6) is 0.362. The van der Waals surface area contributed by atoms with Gasteiger partial charge in [-0.2, -0.15) is 0 Å². The van der Waals surface area contributed by atoms with Crippen molar-refractivity contribution < 1.29 is 33.6 Å². The van der Waals surface area contributed by atoms with Gasteiger partial charge in [0.05, 0.1) is 25.3 Å². The molecule has 0 aromatic heterocycles. The van der Waals surface area contributed by atoms with Gasteiger partial charge in [0.1, 0.15) is 19.0 Å². The topological polar surface area (TPSA) is 94.5 Å². The maximum atomic E-state index is 13.5.